The molecule has 0 bridgehead atoms. The van der Waals surface area contributed by atoms with Gasteiger partial charge in [0, 0.05) is 54.8 Å². The van der Waals surface area contributed by atoms with E-state index in [0.717, 1.165) is 11.3 Å². The smallest absolute Gasteiger partial charge is 0.240 e. The second kappa shape index (κ2) is 7.48. The van der Waals surface area contributed by atoms with Gasteiger partial charge in [-0.2, -0.15) is 5.10 Å². The summed E-state index contributed by atoms with van der Waals surface area (Å²) >= 11 is 0. The molecule has 0 atom stereocenters. The van der Waals surface area contributed by atoms with Gasteiger partial charge in [-0.3, -0.25) is 14.4 Å². The van der Waals surface area contributed by atoms with Gasteiger partial charge in [0.25, 0.3) is 0 Å². The summed E-state index contributed by atoms with van der Waals surface area (Å²) in [5, 5.41) is 4.04. The highest BCUT2D eigenvalue weighted by Crippen LogP contribution is 2.49. The number of para-hydroxylation sites is 1. The summed E-state index contributed by atoms with van der Waals surface area (Å²) in [5.74, 6) is -1.83. The zero-order valence-electron chi connectivity index (χ0n) is 18.6. The molecule has 1 saturated carbocycles. The first-order chi connectivity index (χ1) is 16.0. The zero-order chi connectivity index (χ0) is 22.7. The lowest BCUT2D eigenvalue weighted by Gasteiger charge is -2.50. The minimum atomic E-state index is -0.913. The summed E-state index contributed by atoms with van der Waals surface area (Å²) < 4.78 is 31.6. The van der Waals surface area contributed by atoms with Crippen molar-refractivity contribution >= 4 is 11.6 Å². The number of anilines is 1. The van der Waals surface area contributed by atoms with E-state index in [4.69, 9.17) is 0 Å². The fourth-order valence-corrected chi connectivity index (χ4v) is 5.90. The molecule has 1 saturated heterocycles. The van der Waals surface area contributed by atoms with E-state index in [1.54, 1.807) is 35.0 Å². The number of rotatable bonds is 4. The molecule has 2 fully saturated rings. The quantitative estimate of drug-likeness (QED) is 0.594. The Labute approximate surface area is 191 Å². The second-order valence-electron chi connectivity index (χ2n) is 9.64. The zero-order valence-corrected chi connectivity index (χ0v) is 18.6. The Morgan fingerprint density at radius 3 is 2.55 bits per heavy atom. The molecule has 0 radical (unpaired) electrons. The number of halogens is 2. The Balaban J connectivity index is 1.30. The topological polar surface area (TPSA) is 41.4 Å². The van der Waals surface area contributed by atoms with Crippen LogP contribution in [0.25, 0.3) is 11.1 Å². The number of hydrogen-bond donors (Lipinski definition) is 0. The molecule has 2 aromatic carbocycles. The largest absolute Gasteiger partial charge is 0.307 e. The SMILES string of the molecule is Cn1cc(-c2ccc(CN3C(=O)C4(CN(C5CCCC5)C4)c4ccccc43)c(F)c2F)cn1. The van der Waals surface area contributed by atoms with Crippen LogP contribution >= 0.6 is 0 Å². The van der Waals surface area contributed by atoms with E-state index in [1.807, 2.05) is 24.3 Å². The van der Waals surface area contributed by atoms with Gasteiger partial charge in [0.2, 0.25) is 5.91 Å². The Bertz CT molecular complexity index is 1240. The number of nitrogens with zero attached hydrogens (tertiary/aromatic N) is 4. The summed E-state index contributed by atoms with van der Waals surface area (Å²) in [6, 6.07) is 11.5. The van der Waals surface area contributed by atoms with E-state index in [2.05, 4.69) is 10.00 Å². The van der Waals surface area contributed by atoms with Gasteiger partial charge in [-0.05, 0) is 24.5 Å². The lowest BCUT2D eigenvalue weighted by molar-refractivity contribution is -0.130. The first-order valence-electron chi connectivity index (χ1n) is 11.6. The Morgan fingerprint density at radius 1 is 1.06 bits per heavy atom. The van der Waals surface area contributed by atoms with Gasteiger partial charge in [-0.25, -0.2) is 8.78 Å². The lowest BCUT2D eigenvalue weighted by Crippen LogP contribution is -2.65. The van der Waals surface area contributed by atoms with Gasteiger partial charge in [0.15, 0.2) is 11.6 Å². The Kier molecular flexibility index (Phi) is 4.66. The first kappa shape index (κ1) is 20.5. The predicted octanol–water partition coefficient (Wildman–Crippen LogP) is 4.41. The number of aromatic nitrogens is 2. The highest BCUT2D eigenvalue weighted by Gasteiger charge is 2.58. The molecular weight excluding hydrogens is 422 g/mol. The van der Waals surface area contributed by atoms with Crippen LogP contribution in [0.15, 0.2) is 48.8 Å². The number of carbonyl (C=O) groups is 1. The maximum absolute atomic E-state index is 15.1. The van der Waals surface area contributed by atoms with Crippen LogP contribution in [-0.4, -0.2) is 39.7 Å². The van der Waals surface area contributed by atoms with Crippen molar-refractivity contribution in [3.63, 3.8) is 0 Å². The minimum absolute atomic E-state index is 0.00547. The Hall–Kier alpha value is -3.06. The van der Waals surface area contributed by atoms with Crippen molar-refractivity contribution in [2.75, 3.05) is 18.0 Å². The van der Waals surface area contributed by atoms with Crippen molar-refractivity contribution in [2.24, 2.45) is 7.05 Å². The van der Waals surface area contributed by atoms with Crippen LogP contribution in [0.5, 0.6) is 0 Å². The van der Waals surface area contributed by atoms with E-state index in [1.165, 1.54) is 31.9 Å². The van der Waals surface area contributed by atoms with E-state index in [9.17, 15) is 9.18 Å². The van der Waals surface area contributed by atoms with Gasteiger partial charge in [-0.15, -0.1) is 0 Å². The predicted molar refractivity (Wildman–Crippen MR) is 122 cm³/mol. The molecule has 3 heterocycles. The molecule has 3 aliphatic rings. The number of carbonyl (C=O) groups excluding carboxylic acids is 1. The summed E-state index contributed by atoms with van der Waals surface area (Å²) in [6.45, 7) is 1.43. The van der Waals surface area contributed by atoms with E-state index in [0.29, 0.717) is 24.7 Å². The fourth-order valence-electron chi connectivity index (χ4n) is 5.90. The van der Waals surface area contributed by atoms with E-state index in [-0.39, 0.29) is 23.6 Å². The summed E-state index contributed by atoms with van der Waals surface area (Å²) in [7, 11) is 1.73. The molecule has 1 amide bonds. The van der Waals surface area contributed by atoms with Gasteiger partial charge < -0.3 is 4.90 Å². The van der Waals surface area contributed by atoms with Crippen molar-refractivity contribution < 1.29 is 13.6 Å². The average Bonchev–Trinajstić information content (AvgIpc) is 3.51. The molecule has 0 unspecified atom stereocenters. The third-order valence-corrected chi connectivity index (χ3v) is 7.66. The van der Waals surface area contributed by atoms with Crippen LogP contribution in [-0.2, 0) is 23.8 Å². The van der Waals surface area contributed by atoms with Crippen LogP contribution in [0.2, 0.25) is 0 Å². The highest BCUT2D eigenvalue weighted by atomic mass is 19.2. The van der Waals surface area contributed by atoms with Gasteiger partial charge in [0.05, 0.1) is 12.7 Å². The number of fused-ring (bicyclic) bond motifs is 2. The second-order valence-corrected chi connectivity index (χ2v) is 9.64. The molecule has 1 spiro atoms. The molecule has 5 nitrogen and oxygen atoms in total. The summed E-state index contributed by atoms with van der Waals surface area (Å²) in [6.07, 6.45) is 8.06. The van der Waals surface area contributed by atoms with Crippen molar-refractivity contribution in [3.05, 3.63) is 71.6 Å². The lowest BCUT2D eigenvalue weighted by atomic mass is 9.73. The maximum atomic E-state index is 15.1. The molecule has 33 heavy (non-hydrogen) atoms. The molecule has 1 aliphatic carbocycles. The van der Waals surface area contributed by atoms with Crippen LogP contribution in [0.1, 0.15) is 36.8 Å². The number of benzene rings is 2. The monoisotopic (exact) mass is 448 g/mol. The molecule has 6 rings (SSSR count). The number of aryl methyl sites for hydroxylation is 1. The van der Waals surface area contributed by atoms with Crippen molar-refractivity contribution in [2.45, 2.75) is 43.7 Å². The van der Waals surface area contributed by atoms with Crippen LogP contribution < -0.4 is 4.90 Å². The van der Waals surface area contributed by atoms with Gasteiger partial charge >= 0.3 is 0 Å². The third kappa shape index (κ3) is 3.05. The summed E-state index contributed by atoms with van der Waals surface area (Å²) in [5.41, 5.74) is 2.11. The van der Waals surface area contributed by atoms with Gasteiger partial charge in [-0.1, -0.05) is 43.2 Å². The average molecular weight is 449 g/mol. The molecule has 0 N–H and O–H groups in total. The molecule has 2 aliphatic heterocycles. The van der Waals surface area contributed by atoms with Crippen LogP contribution in [0.4, 0.5) is 14.5 Å². The number of likely N-dealkylation sites (tertiary alicyclic amines) is 1. The van der Waals surface area contributed by atoms with Crippen molar-refractivity contribution in [1.82, 2.24) is 14.7 Å². The first-order valence-corrected chi connectivity index (χ1v) is 11.6. The van der Waals surface area contributed by atoms with E-state index < -0.39 is 17.0 Å². The Morgan fingerprint density at radius 2 is 1.82 bits per heavy atom. The van der Waals surface area contributed by atoms with Crippen LogP contribution in [0, 0.1) is 11.6 Å². The molecule has 170 valence electrons. The molecule has 1 aromatic heterocycles. The third-order valence-electron chi connectivity index (χ3n) is 7.66. The van der Waals surface area contributed by atoms with Crippen molar-refractivity contribution in [3.8, 4) is 11.1 Å². The highest BCUT2D eigenvalue weighted by molar-refractivity contribution is 6.09. The molecule has 3 aromatic rings. The van der Waals surface area contributed by atoms with E-state index >= 15 is 4.39 Å². The maximum Gasteiger partial charge on any atom is 0.240 e. The number of hydrogen-bond acceptors (Lipinski definition) is 3. The fraction of sp³-hybridized carbons (Fsp3) is 0.385. The normalized spacial score (nSPS) is 20.0. The van der Waals surface area contributed by atoms with Crippen molar-refractivity contribution in [1.29, 1.82) is 0 Å². The minimum Gasteiger partial charge on any atom is -0.307 e. The standard InChI is InChI=1S/C26H26F2N4O/c1-30-13-18(12-29-30)20-11-10-17(23(27)24(20)28)14-32-22-9-5-4-8-21(22)26(25(32)33)15-31(16-26)19-6-2-3-7-19/h4-5,8-13,19H,2-3,6-7,14-16H2,1H3. The number of amides is 1. The summed E-state index contributed by atoms with van der Waals surface area (Å²) in [4.78, 5) is 17.8. The molecular formula is C26H26F2N4O. The van der Waals surface area contributed by atoms with Crippen LogP contribution in [0.3, 0.4) is 0 Å². The molecule has 7 heteroatoms. The van der Waals surface area contributed by atoms with Gasteiger partial charge in [0.1, 0.15) is 5.41 Å².